The van der Waals surface area contributed by atoms with E-state index in [9.17, 15) is 14.0 Å². The van der Waals surface area contributed by atoms with Crippen LogP contribution in [0.5, 0.6) is 0 Å². The van der Waals surface area contributed by atoms with Gasteiger partial charge in [0.15, 0.2) is 0 Å². The third-order valence-electron chi connectivity index (χ3n) is 5.70. The molecule has 0 radical (unpaired) electrons. The first-order chi connectivity index (χ1) is 14.0. The molecule has 2 heterocycles. The standard InChI is InChI=1S/C22H29FN4O2/c1-3-26(4-2)22(29)18-14-24-25-21(18)17-9-7-13-27(15-17)20(28)12-11-16-8-5-6-10-19(16)23/h5-6,8,10,14,17H,3-4,7,9,11-13,15H2,1-2H3,(H,24,25). The van der Waals surface area contributed by atoms with Crippen molar-refractivity contribution in [3.8, 4) is 0 Å². The number of hydrogen-bond donors (Lipinski definition) is 1. The van der Waals surface area contributed by atoms with E-state index in [2.05, 4.69) is 10.2 Å². The van der Waals surface area contributed by atoms with Crippen LogP contribution in [0.3, 0.4) is 0 Å². The number of aryl methyl sites for hydroxylation is 1. The fourth-order valence-electron chi connectivity index (χ4n) is 4.00. The molecule has 1 atom stereocenters. The van der Waals surface area contributed by atoms with Gasteiger partial charge in [-0.1, -0.05) is 18.2 Å². The number of nitrogens with zero attached hydrogens (tertiary/aromatic N) is 3. The second-order valence-electron chi connectivity index (χ2n) is 7.45. The molecular formula is C22H29FN4O2. The molecule has 2 aromatic rings. The summed E-state index contributed by atoms with van der Waals surface area (Å²) in [5.41, 5.74) is 1.97. The first-order valence-electron chi connectivity index (χ1n) is 10.4. The van der Waals surface area contributed by atoms with Crippen LogP contribution in [-0.2, 0) is 11.2 Å². The highest BCUT2D eigenvalue weighted by atomic mass is 19.1. The third-order valence-corrected chi connectivity index (χ3v) is 5.70. The van der Waals surface area contributed by atoms with Crippen molar-refractivity contribution in [1.29, 1.82) is 0 Å². The molecule has 0 bridgehead atoms. The number of H-pyrrole nitrogens is 1. The topological polar surface area (TPSA) is 69.3 Å². The van der Waals surface area contributed by atoms with Crippen LogP contribution >= 0.6 is 0 Å². The first kappa shape index (κ1) is 21.0. The van der Waals surface area contributed by atoms with E-state index in [1.807, 2.05) is 18.7 Å². The first-order valence-corrected chi connectivity index (χ1v) is 10.4. The Kier molecular flexibility index (Phi) is 7.01. The molecular weight excluding hydrogens is 371 g/mol. The van der Waals surface area contributed by atoms with Gasteiger partial charge in [0.25, 0.3) is 5.91 Å². The number of halogens is 1. The van der Waals surface area contributed by atoms with E-state index in [-0.39, 0.29) is 30.0 Å². The lowest BCUT2D eigenvalue weighted by Crippen LogP contribution is -2.40. The van der Waals surface area contributed by atoms with Gasteiger partial charge in [0, 0.05) is 38.5 Å². The van der Waals surface area contributed by atoms with Crippen LogP contribution in [0, 0.1) is 5.82 Å². The molecule has 0 aliphatic carbocycles. The normalized spacial score (nSPS) is 16.7. The number of hydrogen-bond acceptors (Lipinski definition) is 3. The van der Waals surface area contributed by atoms with E-state index in [1.165, 1.54) is 6.07 Å². The van der Waals surface area contributed by atoms with Crippen molar-refractivity contribution in [3.63, 3.8) is 0 Å². The zero-order valence-electron chi connectivity index (χ0n) is 17.2. The highest BCUT2D eigenvalue weighted by molar-refractivity contribution is 5.95. The maximum absolute atomic E-state index is 13.8. The van der Waals surface area contributed by atoms with E-state index in [4.69, 9.17) is 0 Å². The maximum atomic E-state index is 13.8. The SMILES string of the molecule is CCN(CC)C(=O)c1cn[nH]c1C1CCCN(C(=O)CCc2ccccc2F)C1. The van der Waals surface area contributed by atoms with Gasteiger partial charge in [0.05, 0.1) is 17.5 Å². The lowest BCUT2D eigenvalue weighted by atomic mass is 9.92. The number of aromatic nitrogens is 2. The lowest BCUT2D eigenvalue weighted by molar-refractivity contribution is -0.132. The van der Waals surface area contributed by atoms with Gasteiger partial charge in [-0.2, -0.15) is 5.10 Å². The molecule has 2 amide bonds. The Labute approximate surface area is 171 Å². The van der Waals surface area contributed by atoms with Crippen molar-refractivity contribution in [1.82, 2.24) is 20.0 Å². The van der Waals surface area contributed by atoms with Crippen LogP contribution in [-0.4, -0.2) is 58.0 Å². The van der Waals surface area contributed by atoms with Crippen molar-refractivity contribution in [2.75, 3.05) is 26.2 Å². The van der Waals surface area contributed by atoms with Crippen LogP contribution in [0.25, 0.3) is 0 Å². The number of aromatic amines is 1. The van der Waals surface area contributed by atoms with Gasteiger partial charge in [-0.25, -0.2) is 4.39 Å². The monoisotopic (exact) mass is 400 g/mol. The van der Waals surface area contributed by atoms with Crippen LogP contribution in [0.15, 0.2) is 30.5 Å². The summed E-state index contributed by atoms with van der Waals surface area (Å²) in [6, 6.07) is 6.57. The summed E-state index contributed by atoms with van der Waals surface area (Å²) in [5.74, 6) is -0.220. The lowest BCUT2D eigenvalue weighted by Gasteiger charge is -2.33. The summed E-state index contributed by atoms with van der Waals surface area (Å²) in [6.45, 7) is 6.45. The van der Waals surface area contributed by atoms with E-state index < -0.39 is 0 Å². The summed E-state index contributed by atoms with van der Waals surface area (Å²) >= 11 is 0. The fraction of sp³-hybridized carbons (Fsp3) is 0.500. The number of benzene rings is 1. The largest absolute Gasteiger partial charge is 0.342 e. The number of carbonyl (C=O) groups is 2. The maximum Gasteiger partial charge on any atom is 0.257 e. The smallest absolute Gasteiger partial charge is 0.257 e. The van der Waals surface area contributed by atoms with Crippen LogP contribution < -0.4 is 0 Å². The van der Waals surface area contributed by atoms with Gasteiger partial charge in [-0.15, -0.1) is 0 Å². The van der Waals surface area contributed by atoms with Crippen molar-refractivity contribution in [3.05, 3.63) is 53.1 Å². The molecule has 156 valence electrons. The van der Waals surface area contributed by atoms with Crippen LogP contribution in [0.2, 0.25) is 0 Å². The molecule has 29 heavy (non-hydrogen) atoms. The molecule has 1 N–H and O–H groups in total. The molecule has 3 rings (SSSR count). The second kappa shape index (κ2) is 9.67. The molecule has 1 aromatic carbocycles. The minimum absolute atomic E-state index is 0.0223. The molecule has 0 saturated carbocycles. The molecule has 1 unspecified atom stereocenters. The minimum Gasteiger partial charge on any atom is -0.342 e. The number of carbonyl (C=O) groups excluding carboxylic acids is 2. The van der Waals surface area contributed by atoms with E-state index >= 15 is 0 Å². The quantitative estimate of drug-likeness (QED) is 0.775. The van der Waals surface area contributed by atoms with Gasteiger partial charge in [0.2, 0.25) is 5.91 Å². The Hall–Kier alpha value is -2.70. The average molecular weight is 400 g/mol. The van der Waals surface area contributed by atoms with Gasteiger partial charge >= 0.3 is 0 Å². The van der Waals surface area contributed by atoms with Crippen molar-refractivity contribution in [2.45, 2.75) is 45.4 Å². The molecule has 1 saturated heterocycles. The van der Waals surface area contributed by atoms with Crippen molar-refractivity contribution in [2.24, 2.45) is 0 Å². The van der Waals surface area contributed by atoms with Gasteiger partial charge < -0.3 is 9.80 Å². The Morgan fingerprint density at radius 3 is 2.76 bits per heavy atom. The Bertz CT molecular complexity index is 847. The minimum atomic E-state index is -0.270. The van der Waals surface area contributed by atoms with Crippen molar-refractivity contribution >= 4 is 11.8 Å². The van der Waals surface area contributed by atoms with E-state index in [0.717, 1.165) is 18.5 Å². The molecule has 6 nitrogen and oxygen atoms in total. The highest BCUT2D eigenvalue weighted by Gasteiger charge is 2.29. The Balaban J connectivity index is 1.65. The zero-order chi connectivity index (χ0) is 20.8. The molecule has 0 spiro atoms. The van der Waals surface area contributed by atoms with Crippen LogP contribution in [0.4, 0.5) is 4.39 Å². The second-order valence-corrected chi connectivity index (χ2v) is 7.45. The molecule has 1 aliphatic rings. The molecule has 1 aromatic heterocycles. The molecule has 1 aliphatic heterocycles. The number of nitrogens with one attached hydrogen (secondary N) is 1. The predicted octanol–water partition coefficient (Wildman–Crippen LogP) is 3.37. The van der Waals surface area contributed by atoms with E-state index in [0.29, 0.717) is 43.7 Å². The molecule has 7 heteroatoms. The fourth-order valence-corrected chi connectivity index (χ4v) is 4.00. The Morgan fingerprint density at radius 1 is 1.28 bits per heavy atom. The summed E-state index contributed by atoms with van der Waals surface area (Å²) < 4.78 is 13.8. The van der Waals surface area contributed by atoms with Gasteiger partial charge in [-0.05, 0) is 44.7 Å². The predicted molar refractivity (Wildman–Crippen MR) is 109 cm³/mol. The summed E-state index contributed by atoms with van der Waals surface area (Å²) in [4.78, 5) is 29.1. The number of amides is 2. The van der Waals surface area contributed by atoms with Crippen LogP contribution in [0.1, 0.15) is 60.6 Å². The number of likely N-dealkylation sites (tertiary alicyclic amines) is 1. The zero-order valence-corrected chi connectivity index (χ0v) is 17.2. The summed E-state index contributed by atoms with van der Waals surface area (Å²) in [5, 5.41) is 7.11. The third kappa shape index (κ3) is 4.83. The highest BCUT2D eigenvalue weighted by Crippen LogP contribution is 2.29. The van der Waals surface area contributed by atoms with Crippen molar-refractivity contribution < 1.29 is 14.0 Å². The number of rotatable bonds is 7. The number of piperidine rings is 1. The summed E-state index contributed by atoms with van der Waals surface area (Å²) in [7, 11) is 0. The molecule has 1 fully saturated rings. The average Bonchev–Trinajstić information content (AvgIpc) is 3.24. The van der Waals surface area contributed by atoms with Gasteiger partial charge in [0.1, 0.15) is 5.82 Å². The van der Waals surface area contributed by atoms with E-state index in [1.54, 1.807) is 29.3 Å². The Morgan fingerprint density at radius 2 is 2.03 bits per heavy atom. The van der Waals surface area contributed by atoms with Gasteiger partial charge in [-0.3, -0.25) is 14.7 Å². The summed E-state index contributed by atoms with van der Waals surface area (Å²) in [6.07, 6.45) is 4.03.